The maximum atomic E-state index is 4.56. The van der Waals surface area contributed by atoms with Crippen LogP contribution in [0.4, 0.5) is 0 Å². The summed E-state index contributed by atoms with van der Waals surface area (Å²) in [5, 5.41) is 9.07. The van der Waals surface area contributed by atoms with E-state index >= 15 is 0 Å². The van der Waals surface area contributed by atoms with Crippen molar-refractivity contribution in [3.63, 3.8) is 0 Å². The molecule has 1 aromatic heterocycles. The summed E-state index contributed by atoms with van der Waals surface area (Å²) < 4.78 is 0. The minimum atomic E-state index is 0.718. The van der Waals surface area contributed by atoms with Crippen LogP contribution in [0.15, 0.2) is 0 Å². The molecule has 2 aliphatic rings. The maximum absolute atomic E-state index is 4.56. The molecule has 3 rings (SSSR count). The average Bonchev–Trinajstić information content (AvgIpc) is 2.93. The van der Waals surface area contributed by atoms with Gasteiger partial charge >= 0.3 is 0 Å². The van der Waals surface area contributed by atoms with Gasteiger partial charge in [-0.1, -0.05) is 0 Å². The van der Waals surface area contributed by atoms with Gasteiger partial charge in [0.15, 0.2) is 0 Å². The number of rotatable bonds is 0. The predicted molar refractivity (Wildman–Crippen MR) is 62.3 cm³/mol. The monoisotopic (exact) mass is 220 g/mol. The lowest BCUT2D eigenvalue weighted by Crippen LogP contribution is -2.22. The van der Waals surface area contributed by atoms with Crippen molar-refractivity contribution in [2.75, 3.05) is 20.1 Å². The molecule has 0 aromatic carbocycles. The van der Waals surface area contributed by atoms with Crippen LogP contribution in [0.3, 0.4) is 0 Å². The van der Waals surface area contributed by atoms with Gasteiger partial charge < -0.3 is 4.90 Å². The molecule has 88 valence electrons. The molecular formula is C12H20N4. The Balaban J connectivity index is 1.84. The summed E-state index contributed by atoms with van der Waals surface area (Å²) >= 11 is 0. The number of hydrogen-bond acceptors (Lipinski definition) is 3. The molecule has 2 heterocycles. The zero-order chi connectivity index (χ0) is 11.1. The standard InChI is InChI=1S/C12H20N4/c1-15-6-3-4-11-12(14-16(2)13-11)10-8-9(10)5-7-15/h9-10H,3-8H2,1-2H3. The fourth-order valence-electron chi connectivity index (χ4n) is 2.84. The van der Waals surface area contributed by atoms with Crippen LogP contribution in [0.2, 0.25) is 0 Å². The molecule has 0 saturated heterocycles. The van der Waals surface area contributed by atoms with Gasteiger partial charge in [0.05, 0.1) is 11.4 Å². The summed E-state index contributed by atoms with van der Waals surface area (Å²) in [6, 6.07) is 0. The first-order valence-electron chi connectivity index (χ1n) is 6.32. The first-order valence-corrected chi connectivity index (χ1v) is 6.32. The van der Waals surface area contributed by atoms with Crippen molar-refractivity contribution in [1.82, 2.24) is 19.9 Å². The Labute approximate surface area is 96.6 Å². The van der Waals surface area contributed by atoms with E-state index in [1.165, 1.54) is 43.7 Å². The highest BCUT2D eigenvalue weighted by atomic mass is 15.5. The summed E-state index contributed by atoms with van der Waals surface area (Å²) in [4.78, 5) is 4.21. The molecular weight excluding hydrogens is 200 g/mol. The Morgan fingerprint density at radius 3 is 2.94 bits per heavy atom. The van der Waals surface area contributed by atoms with Crippen LogP contribution in [0.5, 0.6) is 0 Å². The van der Waals surface area contributed by atoms with Gasteiger partial charge in [0, 0.05) is 13.0 Å². The zero-order valence-electron chi connectivity index (χ0n) is 10.2. The third-order valence-corrected chi connectivity index (χ3v) is 3.92. The van der Waals surface area contributed by atoms with Gasteiger partial charge in [-0.25, -0.2) is 0 Å². The SMILES string of the molecule is CN1CCCc2nn(C)nc2C2CC2CC1. The van der Waals surface area contributed by atoms with Crippen molar-refractivity contribution in [1.29, 1.82) is 0 Å². The lowest BCUT2D eigenvalue weighted by molar-refractivity contribution is 0.314. The summed E-state index contributed by atoms with van der Waals surface area (Å²) in [5.41, 5.74) is 2.56. The van der Waals surface area contributed by atoms with Gasteiger partial charge in [-0.3, -0.25) is 0 Å². The molecule has 2 unspecified atom stereocenters. The molecule has 0 N–H and O–H groups in total. The van der Waals surface area contributed by atoms with E-state index in [-0.39, 0.29) is 0 Å². The first-order chi connectivity index (χ1) is 7.74. The van der Waals surface area contributed by atoms with Gasteiger partial charge in [-0.2, -0.15) is 15.0 Å². The number of aromatic nitrogens is 3. The van der Waals surface area contributed by atoms with E-state index < -0.39 is 0 Å². The summed E-state index contributed by atoms with van der Waals surface area (Å²) in [5.74, 6) is 1.59. The molecule has 4 heteroatoms. The van der Waals surface area contributed by atoms with Crippen molar-refractivity contribution in [3.05, 3.63) is 11.4 Å². The van der Waals surface area contributed by atoms with Gasteiger partial charge in [-0.05, 0) is 51.7 Å². The molecule has 2 atom stereocenters. The molecule has 0 bridgehead atoms. The van der Waals surface area contributed by atoms with Gasteiger partial charge in [0.25, 0.3) is 0 Å². The summed E-state index contributed by atoms with van der Waals surface area (Å²) in [6.07, 6.45) is 4.97. The predicted octanol–water partition coefficient (Wildman–Crippen LogP) is 1.19. The molecule has 0 radical (unpaired) electrons. The van der Waals surface area contributed by atoms with E-state index in [2.05, 4.69) is 22.1 Å². The van der Waals surface area contributed by atoms with Gasteiger partial charge in [0.1, 0.15) is 0 Å². The molecule has 1 aliphatic heterocycles. The first kappa shape index (κ1) is 10.3. The average molecular weight is 220 g/mol. The molecule has 1 fully saturated rings. The van der Waals surface area contributed by atoms with Crippen molar-refractivity contribution in [3.8, 4) is 0 Å². The van der Waals surface area contributed by atoms with Crippen molar-refractivity contribution in [2.45, 2.75) is 31.6 Å². The third kappa shape index (κ3) is 1.86. The van der Waals surface area contributed by atoms with Crippen LogP contribution in [-0.4, -0.2) is 40.0 Å². The normalized spacial score (nSPS) is 30.6. The minimum absolute atomic E-state index is 0.718. The van der Waals surface area contributed by atoms with E-state index in [0.717, 1.165) is 18.3 Å². The molecule has 1 aliphatic carbocycles. The van der Waals surface area contributed by atoms with Crippen LogP contribution >= 0.6 is 0 Å². The van der Waals surface area contributed by atoms with Gasteiger partial charge in [0.2, 0.25) is 0 Å². The number of nitrogens with zero attached hydrogens (tertiary/aromatic N) is 4. The van der Waals surface area contributed by atoms with Crippen LogP contribution in [0.1, 0.15) is 36.6 Å². The second kappa shape index (κ2) is 3.84. The van der Waals surface area contributed by atoms with Crippen LogP contribution in [0, 0.1) is 5.92 Å². The molecule has 0 spiro atoms. The second-order valence-electron chi connectivity index (χ2n) is 5.32. The van der Waals surface area contributed by atoms with Crippen molar-refractivity contribution >= 4 is 0 Å². The minimum Gasteiger partial charge on any atom is -0.306 e. The van der Waals surface area contributed by atoms with E-state index in [1.54, 1.807) is 4.80 Å². The highest BCUT2D eigenvalue weighted by Crippen LogP contribution is 2.49. The Kier molecular flexibility index (Phi) is 2.46. The number of aryl methyl sites for hydroxylation is 2. The molecule has 0 amide bonds. The zero-order valence-corrected chi connectivity index (χ0v) is 10.2. The van der Waals surface area contributed by atoms with Crippen molar-refractivity contribution in [2.24, 2.45) is 13.0 Å². The lowest BCUT2D eigenvalue weighted by Gasteiger charge is -2.17. The smallest absolute Gasteiger partial charge is 0.0892 e. The van der Waals surface area contributed by atoms with Crippen molar-refractivity contribution < 1.29 is 0 Å². The molecule has 16 heavy (non-hydrogen) atoms. The maximum Gasteiger partial charge on any atom is 0.0892 e. The Hall–Kier alpha value is -0.900. The van der Waals surface area contributed by atoms with E-state index in [1.807, 2.05) is 7.05 Å². The molecule has 1 aromatic rings. The van der Waals surface area contributed by atoms with E-state index in [9.17, 15) is 0 Å². The topological polar surface area (TPSA) is 34.0 Å². The van der Waals surface area contributed by atoms with Gasteiger partial charge in [-0.15, -0.1) is 0 Å². The highest BCUT2D eigenvalue weighted by Gasteiger charge is 2.41. The fraction of sp³-hybridized carbons (Fsp3) is 0.833. The summed E-state index contributed by atoms with van der Waals surface area (Å²) in [6.45, 7) is 2.43. The quantitative estimate of drug-likeness (QED) is 0.658. The van der Waals surface area contributed by atoms with E-state index in [4.69, 9.17) is 0 Å². The fourth-order valence-corrected chi connectivity index (χ4v) is 2.84. The lowest BCUT2D eigenvalue weighted by atomic mass is 10.1. The number of fused-ring (bicyclic) bond motifs is 3. The second-order valence-corrected chi connectivity index (χ2v) is 5.32. The Morgan fingerprint density at radius 1 is 1.19 bits per heavy atom. The third-order valence-electron chi connectivity index (χ3n) is 3.92. The van der Waals surface area contributed by atoms with Crippen LogP contribution < -0.4 is 0 Å². The molecule has 1 saturated carbocycles. The van der Waals surface area contributed by atoms with Crippen LogP contribution in [-0.2, 0) is 13.5 Å². The summed E-state index contributed by atoms with van der Waals surface area (Å²) in [7, 11) is 4.17. The van der Waals surface area contributed by atoms with Crippen LogP contribution in [0.25, 0.3) is 0 Å². The van der Waals surface area contributed by atoms with E-state index in [0.29, 0.717) is 0 Å². The molecule has 4 nitrogen and oxygen atoms in total. The Morgan fingerprint density at radius 2 is 2.06 bits per heavy atom. The largest absolute Gasteiger partial charge is 0.306 e. The Bertz CT molecular complexity index is 384. The number of hydrogen-bond donors (Lipinski definition) is 0. The highest BCUT2D eigenvalue weighted by molar-refractivity contribution is 5.22.